The Bertz CT molecular complexity index is 690. The second-order valence-corrected chi connectivity index (χ2v) is 6.54. The number of carbonyl (C=O) groups excluding carboxylic acids is 1. The number of nitrogens with zero attached hydrogens (tertiary/aromatic N) is 1. The third-order valence-corrected chi connectivity index (χ3v) is 4.18. The van der Waals surface area contributed by atoms with Crippen molar-refractivity contribution in [2.45, 2.75) is 20.0 Å². The monoisotopic (exact) mass is 346 g/mol. The van der Waals surface area contributed by atoms with E-state index in [4.69, 9.17) is 9.73 Å². The molecule has 6 heteroatoms. The van der Waals surface area contributed by atoms with Gasteiger partial charge in [0.25, 0.3) is 0 Å². The number of hydrogen-bond acceptors (Lipinski definition) is 3. The molecule has 0 saturated heterocycles. The third kappa shape index (κ3) is 5.85. The van der Waals surface area contributed by atoms with E-state index in [0.717, 1.165) is 16.7 Å². The van der Waals surface area contributed by atoms with E-state index in [1.807, 2.05) is 54.6 Å². The van der Waals surface area contributed by atoms with Crippen molar-refractivity contribution in [3.8, 4) is 11.1 Å². The molecule has 1 unspecified atom stereocenters. The summed E-state index contributed by atoms with van der Waals surface area (Å²) in [4.78, 5) is 26.0. The van der Waals surface area contributed by atoms with Gasteiger partial charge in [-0.25, -0.2) is 5.06 Å². The fraction of sp³-hybridized carbons (Fsp3) is 0.278. The summed E-state index contributed by atoms with van der Waals surface area (Å²) >= 11 is 0. The highest BCUT2D eigenvalue weighted by Gasteiger charge is 2.14. The fourth-order valence-electron chi connectivity index (χ4n) is 2.29. The average Bonchev–Trinajstić information content (AvgIpc) is 2.58. The van der Waals surface area contributed by atoms with Crippen LogP contribution in [-0.2, 0) is 20.8 Å². The lowest BCUT2D eigenvalue weighted by molar-refractivity contribution is -0.189. The van der Waals surface area contributed by atoms with E-state index in [-0.39, 0.29) is 18.7 Å². The van der Waals surface area contributed by atoms with Gasteiger partial charge in [0.1, 0.15) is 6.61 Å². The topological polar surface area (TPSA) is 66.8 Å². The largest absolute Gasteiger partial charge is 0.505 e. The average molecular weight is 346 g/mol. The van der Waals surface area contributed by atoms with E-state index in [1.54, 1.807) is 0 Å². The molecule has 0 spiro atoms. The lowest BCUT2D eigenvalue weighted by atomic mass is 10.0. The zero-order valence-corrected chi connectivity index (χ0v) is 14.5. The van der Waals surface area contributed by atoms with E-state index in [1.165, 1.54) is 12.0 Å². The number of amides is 1. The molecule has 1 amide bonds. The molecule has 126 valence electrons. The van der Waals surface area contributed by atoms with Crippen molar-refractivity contribution < 1.29 is 19.1 Å². The maximum Gasteiger partial charge on any atom is 0.505 e. The van der Waals surface area contributed by atoms with Crippen molar-refractivity contribution in [2.24, 2.45) is 0 Å². The van der Waals surface area contributed by atoms with E-state index < -0.39 is 8.03 Å². The summed E-state index contributed by atoms with van der Waals surface area (Å²) in [5.74, 6) is -0.220. The minimum Gasteiger partial charge on any atom is -0.273 e. The molecule has 0 aromatic heterocycles. The van der Waals surface area contributed by atoms with E-state index in [9.17, 15) is 9.36 Å². The number of rotatable bonds is 8. The summed E-state index contributed by atoms with van der Waals surface area (Å²) in [6.45, 7) is 1.99. The molecule has 1 N–H and O–H groups in total. The lowest BCUT2D eigenvalue weighted by Gasteiger charge is -2.19. The number of carbonyl (C=O) groups is 1. The zero-order valence-electron chi connectivity index (χ0n) is 13.6. The van der Waals surface area contributed by atoms with Crippen LogP contribution >= 0.6 is 8.03 Å². The Morgan fingerprint density at radius 1 is 1.12 bits per heavy atom. The molecule has 0 bridgehead atoms. The third-order valence-electron chi connectivity index (χ3n) is 3.48. The highest BCUT2D eigenvalue weighted by Crippen LogP contribution is 2.20. The molecule has 0 aliphatic rings. The van der Waals surface area contributed by atoms with Gasteiger partial charge in [0.15, 0.2) is 6.16 Å². The molecule has 5 nitrogen and oxygen atoms in total. The van der Waals surface area contributed by atoms with Crippen LogP contribution in [0.15, 0.2) is 54.6 Å². The van der Waals surface area contributed by atoms with Gasteiger partial charge >= 0.3 is 8.03 Å². The highest BCUT2D eigenvalue weighted by atomic mass is 31.1. The summed E-state index contributed by atoms with van der Waals surface area (Å²) in [7, 11) is -2.18. The molecule has 0 aliphatic carbocycles. The Kier molecular flexibility index (Phi) is 7.07. The predicted octanol–water partition coefficient (Wildman–Crippen LogP) is 3.76. The molecule has 0 heterocycles. The minimum atomic E-state index is -2.18. The van der Waals surface area contributed by atoms with Crippen molar-refractivity contribution in [3.05, 3.63) is 60.2 Å². The molecule has 2 rings (SSSR count). The Balaban J connectivity index is 1.97. The molecule has 2 aromatic rings. The Morgan fingerprint density at radius 3 is 2.50 bits per heavy atom. The Labute approximate surface area is 142 Å². The van der Waals surface area contributed by atoms with Crippen LogP contribution in [0.4, 0.5) is 0 Å². The van der Waals surface area contributed by atoms with Crippen LogP contribution in [0.3, 0.4) is 0 Å². The van der Waals surface area contributed by atoms with Gasteiger partial charge in [0.2, 0.25) is 5.91 Å². The Morgan fingerprint density at radius 2 is 1.83 bits per heavy atom. The maximum atomic E-state index is 11.6. The summed E-state index contributed by atoms with van der Waals surface area (Å²) in [5.41, 5.74) is 3.16. The van der Waals surface area contributed by atoms with Crippen LogP contribution in [0.2, 0.25) is 0 Å². The molecule has 0 radical (unpaired) electrons. The molecule has 0 aliphatic heterocycles. The first-order valence-electron chi connectivity index (χ1n) is 7.75. The minimum absolute atomic E-state index is 0.159. The first kappa shape index (κ1) is 18.3. The van der Waals surface area contributed by atoms with Gasteiger partial charge < -0.3 is 0 Å². The van der Waals surface area contributed by atoms with Crippen LogP contribution in [-0.4, -0.2) is 28.6 Å². The van der Waals surface area contributed by atoms with Crippen molar-refractivity contribution in [1.82, 2.24) is 5.06 Å². The normalized spacial score (nSPS) is 11.2. The van der Waals surface area contributed by atoms with Crippen LogP contribution in [0.5, 0.6) is 0 Å². The van der Waals surface area contributed by atoms with Crippen molar-refractivity contribution >= 4 is 13.9 Å². The molecular formula is C18H21NO4P+. The highest BCUT2D eigenvalue weighted by molar-refractivity contribution is 7.37. The summed E-state index contributed by atoms with van der Waals surface area (Å²) in [5, 5.41) is 1.24. The first-order valence-corrected chi connectivity index (χ1v) is 9.15. The van der Waals surface area contributed by atoms with E-state index in [0.29, 0.717) is 13.0 Å². The predicted molar refractivity (Wildman–Crippen MR) is 93.4 cm³/mol. The van der Waals surface area contributed by atoms with Crippen LogP contribution < -0.4 is 0 Å². The van der Waals surface area contributed by atoms with Crippen molar-refractivity contribution in [1.29, 1.82) is 0 Å². The number of hydrogen-bond donors (Lipinski definition) is 1. The van der Waals surface area contributed by atoms with Crippen LogP contribution in [0.1, 0.15) is 18.9 Å². The summed E-state index contributed by atoms with van der Waals surface area (Å²) < 4.78 is 10.7. The van der Waals surface area contributed by atoms with Gasteiger partial charge in [-0.15, -0.1) is 0 Å². The molecule has 0 fully saturated rings. The summed E-state index contributed by atoms with van der Waals surface area (Å²) in [6, 6.07) is 18.0. The van der Waals surface area contributed by atoms with Gasteiger partial charge in [-0.2, -0.15) is 4.89 Å². The van der Waals surface area contributed by atoms with Gasteiger partial charge in [0.05, 0.1) is 6.54 Å². The van der Waals surface area contributed by atoms with Gasteiger partial charge in [-0.05, 0) is 27.3 Å². The van der Waals surface area contributed by atoms with Gasteiger partial charge in [-0.1, -0.05) is 48.5 Å². The fourth-order valence-corrected chi connectivity index (χ4v) is 2.70. The zero-order chi connectivity index (χ0) is 17.4. The molecule has 1 atom stereocenters. The second kappa shape index (κ2) is 9.28. The summed E-state index contributed by atoms with van der Waals surface area (Å²) in [6.07, 6.45) is 0.585. The smallest absolute Gasteiger partial charge is 0.273 e. The second-order valence-electron chi connectivity index (χ2n) is 5.39. The molecule has 2 aromatic carbocycles. The van der Waals surface area contributed by atoms with Crippen molar-refractivity contribution in [2.75, 3.05) is 12.7 Å². The molecule has 0 saturated carbocycles. The first-order chi connectivity index (χ1) is 11.6. The number of hydroxylamine groups is 2. The van der Waals surface area contributed by atoms with E-state index in [2.05, 4.69) is 0 Å². The van der Waals surface area contributed by atoms with Gasteiger partial charge in [-0.3, -0.25) is 9.63 Å². The lowest BCUT2D eigenvalue weighted by Crippen LogP contribution is -2.30. The van der Waals surface area contributed by atoms with E-state index >= 15 is 0 Å². The van der Waals surface area contributed by atoms with Crippen LogP contribution in [0.25, 0.3) is 11.1 Å². The number of benzene rings is 2. The molecule has 24 heavy (non-hydrogen) atoms. The Hall–Kier alpha value is -2.07. The van der Waals surface area contributed by atoms with Crippen LogP contribution in [0, 0.1) is 0 Å². The SMILES string of the molecule is CC(=O)N(CCC[P+](=O)O)OCc1cccc(-c2ccccc2)c1. The quantitative estimate of drug-likeness (QED) is 0.584. The standard InChI is InChI=1S/C18H20NO4P/c1-15(20)19(11-6-12-24(21)22)23-14-16-7-5-10-18(13-16)17-8-3-2-4-9-17/h2-5,7-10,13H,6,11-12,14H2,1H3/p+1. The van der Waals surface area contributed by atoms with Gasteiger partial charge in [0, 0.05) is 13.3 Å². The maximum absolute atomic E-state index is 11.6. The van der Waals surface area contributed by atoms with Crippen molar-refractivity contribution in [3.63, 3.8) is 0 Å². The molecular weight excluding hydrogens is 325 g/mol.